The van der Waals surface area contributed by atoms with E-state index in [9.17, 15) is 18.0 Å². The van der Waals surface area contributed by atoms with Crippen LogP contribution in [0.3, 0.4) is 0 Å². The van der Waals surface area contributed by atoms with E-state index in [0.29, 0.717) is 18.0 Å². The molecule has 3 nitrogen and oxygen atoms in total. The van der Waals surface area contributed by atoms with Crippen molar-refractivity contribution >= 4 is 11.6 Å². The number of benzene rings is 1. The molecule has 0 heterocycles. The maximum absolute atomic E-state index is 13.0. The molecule has 0 spiro atoms. The minimum Gasteiger partial charge on any atom is -0.328 e. The third-order valence-corrected chi connectivity index (χ3v) is 4.63. The third kappa shape index (κ3) is 4.97. The fourth-order valence-corrected chi connectivity index (χ4v) is 3.24. The van der Waals surface area contributed by atoms with Crippen LogP contribution in [0.25, 0.3) is 0 Å². The molecule has 0 atom stereocenters. The summed E-state index contributed by atoms with van der Waals surface area (Å²) in [5, 5.41) is 2.74. The van der Waals surface area contributed by atoms with Gasteiger partial charge in [0.1, 0.15) is 0 Å². The summed E-state index contributed by atoms with van der Waals surface area (Å²) in [6.45, 7) is 3.42. The van der Waals surface area contributed by atoms with Crippen LogP contribution in [-0.2, 0) is 11.0 Å². The molecule has 2 rings (SSSR count). The molecule has 3 N–H and O–H groups in total. The summed E-state index contributed by atoms with van der Waals surface area (Å²) in [5.41, 5.74) is 5.83. The molecule has 1 saturated carbocycles. The summed E-state index contributed by atoms with van der Waals surface area (Å²) in [7, 11) is 0. The van der Waals surface area contributed by atoms with E-state index in [0.717, 1.165) is 31.7 Å². The molecule has 1 aromatic carbocycles. The molecule has 1 amide bonds. The predicted octanol–water partition coefficient (Wildman–Crippen LogP) is 4.67. The Morgan fingerprint density at radius 1 is 1.25 bits per heavy atom. The molecular weight excluding hydrogens is 317 g/mol. The SMILES string of the molecule is CC(C)c1cc(NC(=O)CC2CCC(N)CC2)ccc1C(F)(F)F. The molecule has 0 unspecified atom stereocenters. The van der Waals surface area contributed by atoms with Crippen molar-refractivity contribution in [1.82, 2.24) is 0 Å². The van der Waals surface area contributed by atoms with Crippen LogP contribution in [0.4, 0.5) is 18.9 Å². The molecule has 0 bridgehead atoms. The molecule has 24 heavy (non-hydrogen) atoms. The van der Waals surface area contributed by atoms with Crippen LogP contribution in [0.1, 0.15) is 63.0 Å². The number of carbonyl (C=O) groups is 1. The van der Waals surface area contributed by atoms with Gasteiger partial charge in [-0.3, -0.25) is 4.79 Å². The van der Waals surface area contributed by atoms with Crippen molar-refractivity contribution in [2.24, 2.45) is 11.7 Å². The number of nitrogens with one attached hydrogen (secondary N) is 1. The van der Waals surface area contributed by atoms with Crippen LogP contribution in [0.15, 0.2) is 18.2 Å². The van der Waals surface area contributed by atoms with Gasteiger partial charge in [0.25, 0.3) is 0 Å². The average Bonchev–Trinajstić information content (AvgIpc) is 2.48. The van der Waals surface area contributed by atoms with Gasteiger partial charge in [-0.15, -0.1) is 0 Å². The Morgan fingerprint density at radius 2 is 1.88 bits per heavy atom. The minimum atomic E-state index is -4.39. The molecule has 0 aliphatic heterocycles. The maximum Gasteiger partial charge on any atom is 0.416 e. The topological polar surface area (TPSA) is 55.1 Å². The predicted molar refractivity (Wildman–Crippen MR) is 88.7 cm³/mol. The lowest BCUT2D eigenvalue weighted by atomic mass is 9.84. The molecule has 1 aliphatic carbocycles. The number of anilines is 1. The lowest BCUT2D eigenvalue weighted by Crippen LogP contribution is -2.28. The molecule has 0 saturated heterocycles. The standard InChI is InChI=1S/C18H25F3N2O/c1-11(2)15-10-14(7-8-16(15)18(19,20)21)23-17(24)9-12-3-5-13(22)6-4-12/h7-8,10-13H,3-6,9,22H2,1-2H3,(H,23,24). The molecule has 1 aliphatic rings. The average molecular weight is 342 g/mol. The van der Waals surface area contributed by atoms with Crippen molar-refractivity contribution in [1.29, 1.82) is 0 Å². The Hall–Kier alpha value is -1.56. The number of halogens is 3. The van der Waals surface area contributed by atoms with Crippen molar-refractivity contribution in [3.8, 4) is 0 Å². The Balaban J connectivity index is 2.04. The van der Waals surface area contributed by atoms with Gasteiger partial charge in [0, 0.05) is 18.2 Å². The first-order valence-electron chi connectivity index (χ1n) is 8.43. The van der Waals surface area contributed by atoms with E-state index in [4.69, 9.17) is 5.73 Å². The molecule has 1 aromatic rings. The van der Waals surface area contributed by atoms with Crippen LogP contribution in [0.5, 0.6) is 0 Å². The van der Waals surface area contributed by atoms with E-state index in [1.807, 2.05) is 0 Å². The van der Waals surface area contributed by atoms with Crippen molar-refractivity contribution in [2.45, 2.75) is 64.1 Å². The monoisotopic (exact) mass is 342 g/mol. The highest BCUT2D eigenvalue weighted by molar-refractivity contribution is 5.91. The number of hydrogen-bond donors (Lipinski definition) is 2. The van der Waals surface area contributed by atoms with E-state index in [-0.39, 0.29) is 23.4 Å². The number of nitrogens with two attached hydrogens (primary N) is 1. The van der Waals surface area contributed by atoms with Gasteiger partial charge in [-0.1, -0.05) is 13.8 Å². The van der Waals surface area contributed by atoms with Gasteiger partial charge in [-0.05, 0) is 61.3 Å². The number of rotatable bonds is 4. The zero-order valence-corrected chi connectivity index (χ0v) is 14.1. The molecule has 0 aromatic heterocycles. The summed E-state index contributed by atoms with van der Waals surface area (Å²) in [5.74, 6) is -0.118. The highest BCUT2D eigenvalue weighted by Gasteiger charge is 2.34. The van der Waals surface area contributed by atoms with Crippen LogP contribution >= 0.6 is 0 Å². The zero-order valence-electron chi connectivity index (χ0n) is 14.1. The molecule has 134 valence electrons. The first-order chi connectivity index (χ1) is 11.2. The van der Waals surface area contributed by atoms with E-state index < -0.39 is 11.7 Å². The van der Waals surface area contributed by atoms with Crippen LogP contribution in [-0.4, -0.2) is 11.9 Å². The summed E-state index contributed by atoms with van der Waals surface area (Å²) in [6, 6.07) is 4.03. The summed E-state index contributed by atoms with van der Waals surface area (Å²) in [4.78, 5) is 12.2. The number of alkyl halides is 3. The Bertz CT molecular complexity index is 576. The highest BCUT2D eigenvalue weighted by atomic mass is 19.4. The van der Waals surface area contributed by atoms with Gasteiger partial charge in [0.15, 0.2) is 0 Å². The smallest absolute Gasteiger partial charge is 0.328 e. The highest BCUT2D eigenvalue weighted by Crippen LogP contribution is 2.36. The first kappa shape index (κ1) is 18.8. The molecule has 0 radical (unpaired) electrons. The lowest BCUT2D eigenvalue weighted by Gasteiger charge is -2.25. The number of amides is 1. The summed E-state index contributed by atoms with van der Waals surface area (Å²) in [6.07, 6.45) is -0.281. The zero-order chi connectivity index (χ0) is 17.9. The van der Waals surface area contributed by atoms with E-state index in [2.05, 4.69) is 5.32 Å². The van der Waals surface area contributed by atoms with Gasteiger partial charge in [0.05, 0.1) is 5.56 Å². The lowest BCUT2D eigenvalue weighted by molar-refractivity contribution is -0.138. The second-order valence-electron chi connectivity index (χ2n) is 6.99. The van der Waals surface area contributed by atoms with Crippen LogP contribution in [0, 0.1) is 5.92 Å². The second kappa shape index (κ2) is 7.55. The van der Waals surface area contributed by atoms with E-state index in [1.165, 1.54) is 12.1 Å². The molecular formula is C18H25F3N2O. The Kier molecular flexibility index (Phi) is 5.91. The number of hydrogen-bond acceptors (Lipinski definition) is 2. The fraction of sp³-hybridized carbons (Fsp3) is 0.611. The van der Waals surface area contributed by atoms with Crippen LogP contribution in [0.2, 0.25) is 0 Å². The van der Waals surface area contributed by atoms with Gasteiger partial charge in [-0.2, -0.15) is 13.2 Å². The Labute approximate surface area is 140 Å². The Morgan fingerprint density at radius 3 is 2.42 bits per heavy atom. The second-order valence-corrected chi connectivity index (χ2v) is 6.99. The van der Waals surface area contributed by atoms with Crippen molar-refractivity contribution in [3.63, 3.8) is 0 Å². The first-order valence-corrected chi connectivity index (χ1v) is 8.43. The molecule has 6 heteroatoms. The normalized spacial score (nSPS) is 21.8. The van der Waals surface area contributed by atoms with Crippen LogP contribution < -0.4 is 11.1 Å². The fourth-order valence-electron chi connectivity index (χ4n) is 3.24. The van der Waals surface area contributed by atoms with Gasteiger partial charge >= 0.3 is 6.18 Å². The van der Waals surface area contributed by atoms with Gasteiger partial charge in [-0.25, -0.2) is 0 Å². The van der Waals surface area contributed by atoms with Gasteiger partial charge in [0.2, 0.25) is 5.91 Å². The van der Waals surface area contributed by atoms with Crippen molar-refractivity contribution in [3.05, 3.63) is 29.3 Å². The maximum atomic E-state index is 13.0. The quantitative estimate of drug-likeness (QED) is 0.835. The van der Waals surface area contributed by atoms with E-state index >= 15 is 0 Å². The molecule has 1 fully saturated rings. The van der Waals surface area contributed by atoms with E-state index in [1.54, 1.807) is 13.8 Å². The van der Waals surface area contributed by atoms with Gasteiger partial charge < -0.3 is 11.1 Å². The largest absolute Gasteiger partial charge is 0.416 e. The van der Waals surface area contributed by atoms with Crippen molar-refractivity contribution in [2.75, 3.05) is 5.32 Å². The summed E-state index contributed by atoms with van der Waals surface area (Å²) >= 11 is 0. The third-order valence-electron chi connectivity index (χ3n) is 4.63. The summed E-state index contributed by atoms with van der Waals surface area (Å²) < 4.78 is 39.1. The van der Waals surface area contributed by atoms with Crippen molar-refractivity contribution < 1.29 is 18.0 Å². The number of carbonyl (C=O) groups excluding carboxylic acids is 1. The minimum absolute atomic E-state index is 0.148.